The average molecular weight is 540 g/mol. The number of piperazine rings is 1. The molecule has 0 atom stereocenters. The number of ketones is 1. The van der Waals surface area contributed by atoms with Crippen LogP contribution < -0.4 is 0 Å². The number of hydrogen-bond acceptors (Lipinski definition) is 5. The summed E-state index contributed by atoms with van der Waals surface area (Å²) in [7, 11) is 2.17. The van der Waals surface area contributed by atoms with Gasteiger partial charge in [-0.2, -0.15) is 0 Å². The second-order valence-corrected chi connectivity index (χ2v) is 12.6. The molecule has 3 heterocycles. The van der Waals surface area contributed by atoms with Crippen LogP contribution in [0.5, 0.6) is 0 Å². The van der Waals surface area contributed by atoms with Crippen LogP contribution in [0.1, 0.15) is 57.6 Å². The van der Waals surface area contributed by atoms with Gasteiger partial charge >= 0.3 is 0 Å². The predicted molar refractivity (Wildman–Crippen MR) is 154 cm³/mol. The Kier molecular flexibility index (Phi) is 5.92. The van der Waals surface area contributed by atoms with Crippen LogP contribution in [-0.2, 0) is 23.8 Å². The van der Waals surface area contributed by atoms with Gasteiger partial charge in [0, 0.05) is 67.5 Å². The molecule has 3 aliphatic carbocycles. The maximum Gasteiger partial charge on any atom is 0.167 e. The van der Waals surface area contributed by atoms with Crippen LogP contribution in [0.3, 0.4) is 0 Å². The average Bonchev–Trinajstić information content (AvgIpc) is 3.30. The zero-order valence-corrected chi connectivity index (χ0v) is 23.4. The van der Waals surface area contributed by atoms with Gasteiger partial charge in [-0.25, -0.2) is 9.97 Å². The number of halogens is 1. The molecular weight excluding hydrogens is 506 g/mol. The molecule has 8 rings (SSSR count). The van der Waals surface area contributed by atoms with E-state index in [9.17, 15) is 4.79 Å². The number of carbonyl (C=O) groups excluding carboxylic acids is 1. The van der Waals surface area contributed by atoms with Crippen molar-refractivity contribution in [3.8, 4) is 0 Å². The van der Waals surface area contributed by atoms with Crippen molar-refractivity contribution in [3.63, 3.8) is 0 Å². The van der Waals surface area contributed by atoms with E-state index < -0.39 is 0 Å². The summed E-state index contributed by atoms with van der Waals surface area (Å²) in [4.78, 5) is 27.1. The third-order valence-corrected chi connectivity index (χ3v) is 9.85. The summed E-state index contributed by atoms with van der Waals surface area (Å²) in [6.07, 6.45) is 9.36. The van der Waals surface area contributed by atoms with Crippen LogP contribution in [0.15, 0.2) is 61.2 Å². The fraction of sp³-hybridized carbons (Fsp3) is 0.406. The van der Waals surface area contributed by atoms with Crippen molar-refractivity contribution in [3.05, 3.63) is 99.7 Å². The van der Waals surface area contributed by atoms with Crippen LogP contribution in [0, 0.1) is 6.92 Å². The molecule has 4 fully saturated rings. The van der Waals surface area contributed by atoms with E-state index in [0.717, 1.165) is 79.3 Å². The van der Waals surface area contributed by atoms with Crippen LogP contribution in [0.4, 0.5) is 0 Å². The predicted octanol–water partition coefficient (Wildman–Crippen LogP) is 5.24. The molecule has 2 aromatic carbocycles. The van der Waals surface area contributed by atoms with Gasteiger partial charge in [0.1, 0.15) is 12.0 Å². The number of aryl methyl sites for hydroxylation is 1. The Labute approximate surface area is 234 Å². The number of hydrogen-bond donors (Lipinski definition) is 0. The first-order valence-electron chi connectivity index (χ1n) is 13.9. The summed E-state index contributed by atoms with van der Waals surface area (Å²) in [5.41, 5.74) is 8.08. The highest BCUT2D eigenvalue weighted by Gasteiger charge is 2.70. The SMILES string of the molecule is Cc1ccc(C(=O)Cc2ccc(CN3CCN(C)CC3)c(Cl)c2)cc1C12CC(c3cnc4ccncn34)(C1)C2. The molecule has 4 aliphatic rings. The van der Waals surface area contributed by atoms with Gasteiger partial charge in [-0.05, 0) is 79.1 Å². The lowest BCUT2D eigenvalue weighted by Crippen LogP contribution is -2.67. The second-order valence-electron chi connectivity index (χ2n) is 12.2. The third-order valence-electron chi connectivity index (χ3n) is 9.49. The van der Waals surface area contributed by atoms with Gasteiger partial charge in [0.2, 0.25) is 0 Å². The Balaban J connectivity index is 1.04. The van der Waals surface area contributed by atoms with Gasteiger partial charge in [0.25, 0.3) is 0 Å². The molecule has 0 spiro atoms. The molecule has 39 heavy (non-hydrogen) atoms. The fourth-order valence-corrected chi connectivity index (χ4v) is 7.57. The number of benzene rings is 2. The number of carbonyl (C=O) groups is 1. The summed E-state index contributed by atoms with van der Waals surface area (Å²) >= 11 is 6.68. The smallest absolute Gasteiger partial charge is 0.167 e. The summed E-state index contributed by atoms with van der Waals surface area (Å²) in [6.45, 7) is 7.32. The van der Waals surface area contributed by atoms with Crippen molar-refractivity contribution < 1.29 is 4.79 Å². The van der Waals surface area contributed by atoms with Gasteiger partial charge in [-0.3, -0.25) is 14.1 Å². The lowest BCUT2D eigenvalue weighted by atomic mass is 9.32. The first kappa shape index (κ1) is 24.9. The summed E-state index contributed by atoms with van der Waals surface area (Å²) in [5.74, 6) is 0.147. The van der Waals surface area contributed by atoms with E-state index >= 15 is 0 Å². The molecule has 6 nitrogen and oxygen atoms in total. The van der Waals surface area contributed by atoms with Crippen molar-refractivity contribution in [2.24, 2.45) is 0 Å². The maximum absolute atomic E-state index is 13.4. The Morgan fingerprint density at radius 3 is 2.56 bits per heavy atom. The molecule has 0 amide bonds. The molecule has 0 N–H and O–H groups in total. The summed E-state index contributed by atoms with van der Waals surface area (Å²) in [6, 6.07) is 14.4. The standard InChI is InChI=1S/C32H34ClN5O/c1-22-3-5-24(28(39)14-23-4-6-25(27(33)13-23)17-37-11-9-36(2)10-12-37)15-26(22)31-18-32(19-31,20-31)29-16-35-30-7-8-34-21-38(29)30/h3-8,13,15-16,21H,9-12,14,17-20H2,1-2H3. The van der Waals surface area contributed by atoms with E-state index in [-0.39, 0.29) is 16.6 Å². The number of nitrogens with zero attached hydrogens (tertiary/aromatic N) is 5. The van der Waals surface area contributed by atoms with Crippen LogP contribution in [0.25, 0.3) is 5.65 Å². The van der Waals surface area contributed by atoms with E-state index in [2.05, 4.69) is 62.4 Å². The van der Waals surface area contributed by atoms with Gasteiger partial charge in [0.15, 0.2) is 5.78 Å². The molecule has 1 saturated heterocycles. The summed E-state index contributed by atoms with van der Waals surface area (Å²) in [5, 5.41) is 0.755. The first-order chi connectivity index (χ1) is 18.8. The monoisotopic (exact) mass is 539 g/mol. The largest absolute Gasteiger partial charge is 0.304 e. The lowest BCUT2D eigenvalue weighted by Gasteiger charge is -2.71. The molecule has 2 bridgehead atoms. The second kappa shape index (κ2) is 9.26. The highest BCUT2D eigenvalue weighted by Crippen LogP contribution is 2.74. The van der Waals surface area contributed by atoms with Crippen LogP contribution >= 0.6 is 11.6 Å². The molecule has 7 heteroatoms. The lowest BCUT2D eigenvalue weighted by molar-refractivity contribution is -0.0732. The molecule has 0 unspecified atom stereocenters. The quantitative estimate of drug-likeness (QED) is 0.301. The van der Waals surface area contributed by atoms with Gasteiger partial charge in [-0.1, -0.05) is 35.9 Å². The highest BCUT2D eigenvalue weighted by molar-refractivity contribution is 6.31. The van der Waals surface area contributed by atoms with E-state index in [0.29, 0.717) is 6.42 Å². The van der Waals surface area contributed by atoms with Crippen molar-refractivity contribution in [1.29, 1.82) is 0 Å². The topological polar surface area (TPSA) is 53.7 Å². The van der Waals surface area contributed by atoms with Crippen molar-refractivity contribution >= 4 is 23.0 Å². The highest BCUT2D eigenvalue weighted by atomic mass is 35.5. The van der Waals surface area contributed by atoms with E-state index in [1.54, 1.807) is 6.20 Å². The van der Waals surface area contributed by atoms with E-state index in [1.165, 1.54) is 16.8 Å². The minimum atomic E-state index is 0.147. The summed E-state index contributed by atoms with van der Waals surface area (Å²) < 4.78 is 2.14. The van der Waals surface area contributed by atoms with Crippen LogP contribution in [-0.4, -0.2) is 63.2 Å². The Hall–Kier alpha value is -3.06. The minimum absolute atomic E-state index is 0.147. The molecule has 3 saturated carbocycles. The fourth-order valence-electron chi connectivity index (χ4n) is 7.30. The van der Waals surface area contributed by atoms with E-state index in [1.807, 2.05) is 30.7 Å². The number of fused-ring (bicyclic) bond motifs is 1. The number of Topliss-reactive ketones (excluding diaryl/α,β-unsaturated/α-hetero) is 1. The molecule has 0 radical (unpaired) electrons. The molecule has 4 aromatic rings. The molecule has 2 aromatic heterocycles. The maximum atomic E-state index is 13.4. The zero-order valence-electron chi connectivity index (χ0n) is 22.7. The Bertz CT molecular complexity index is 1560. The van der Waals surface area contributed by atoms with Gasteiger partial charge in [0.05, 0.1) is 5.69 Å². The van der Waals surface area contributed by atoms with Gasteiger partial charge < -0.3 is 4.90 Å². The number of likely N-dealkylation sites (N-methyl/N-ethyl adjacent to an activating group) is 1. The molecule has 1 aliphatic heterocycles. The third kappa shape index (κ3) is 4.21. The Morgan fingerprint density at radius 1 is 1.00 bits per heavy atom. The Morgan fingerprint density at radius 2 is 1.79 bits per heavy atom. The van der Waals surface area contributed by atoms with Gasteiger partial charge in [-0.15, -0.1) is 0 Å². The number of rotatable bonds is 7. The van der Waals surface area contributed by atoms with Crippen LogP contribution in [0.2, 0.25) is 5.02 Å². The zero-order chi connectivity index (χ0) is 26.8. The van der Waals surface area contributed by atoms with E-state index in [4.69, 9.17) is 11.6 Å². The minimum Gasteiger partial charge on any atom is -0.304 e. The normalized spacial score (nSPS) is 24.9. The number of imidazole rings is 1. The first-order valence-corrected chi connectivity index (χ1v) is 14.3. The van der Waals surface area contributed by atoms with Crippen molar-refractivity contribution in [1.82, 2.24) is 24.2 Å². The molecule has 200 valence electrons. The molecular formula is C32H34ClN5O. The van der Waals surface area contributed by atoms with Crippen molar-refractivity contribution in [2.75, 3.05) is 33.2 Å². The van der Waals surface area contributed by atoms with Crippen molar-refractivity contribution in [2.45, 2.75) is 50.0 Å². The number of aromatic nitrogens is 3.